The summed E-state index contributed by atoms with van der Waals surface area (Å²) in [6.45, 7) is 1.87. The molecule has 0 N–H and O–H groups in total. The van der Waals surface area contributed by atoms with Gasteiger partial charge in [0.05, 0.1) is 16.0 Å². The Balaban J connectivity index is 2.18. The quantitative estimate of drug-likeness (QED) is 0.477. The number of hydrazone groups is 1. The molecule has 0 fully saturated rings. The minimum absolute atomic E-state index is 0.0391. The summed E-state index contributed by atoms with van der Waals surface area (Å²) in [7, 11) is -2.39. The third-order valence-electron chi connectivity index (χ3n) is 3.14. The van der Waals surface area contributed by atoms with E-state index in [1.165, 1.54) is 49.7 Å². The first-order chi connectivity index (χ1) is 10.8. The van der Waals surface area contributed by atoms with Crippen LogP contribution in [0.3, 0.4) is 0 Å². The van der Waals surface area contributed by atoms with Crippen LogP contribution in [0.4, 0.5) is 5.69 Å². The van der Waals surface area contributed by atoms with Gasteiger partial charge in [0.2, 0.25) is 0 Å². The summed E-state index contributed by atoms with van der Waals surface area (Å²) in [5, 5.41) is 14.5. The fourth-order valence-electron chi connectivity index (χ4n) is 1.75. The number of non-ortho nitro benzene ring substituents is 1. The van der Waals surface area contributed by atoms with E-state index in [9.17, 15) is 18.5 Å². The number of nitro groups is 1. The molecule has 0 heterocycles. The lowest BCUT2D eigenvalue weighted by atomic mass is 10.2. The number of aryl methyl sites for hydroxylation is 1. The Hall–Kier alpha value is -2.74. The summed E-state index contributed by atoms with van der Waals surface area (Å²) in [4.78, 5) is 10.2. The zero-order valence-electron chi connectivity index (χ0n) is 12.6. The highest BCUT2D eigenvalue weighted by atomic mass is 32.2. The molecule has 23 heavy (non-hydrogen) atoms. The van der Waals surface area contributed by atoms with Crippen molar-refractivity contribution in [3.63, 3.8) is 0 Å². The first-order valence-electron chi connectivity index (χ1n) is 6.65. The monoisotopic (exact) mass is 333 g/mol. The summed E-state index contributed by atoms with van der Waals surface area (Å²) >= 11 is 0. The summed E-state index contributed by atoms with van der Waals surface area (Å²) in [5.41, 5.74) is 1.48. The smallest absolute Gasteiger partial charge is 0.258 e. The van der Waals surface area contributed by atoms with Crippen LogP contribution in [-0.4, -0.2) is 31.0 Å². The molecule has 0 radical (unpaired) electrons. The van der Waals surface area contributed by atoms with Crippen molar-refractivity contribution < 1.29 is 13.3 Å². The van der Waals surface area contributed by atoms with Gasteiger partial charge >= 0.3 is 0 Å². The second kappa shape index (κ2) is 6.57. The van der Waals surface area contributed by atoms with Crippen LogP contribution in [0, 0.1) is 17.0 Å². The summed E-state index contributed by atoms with van der Waals surface area (Å²) in [6.07, 6.45) is 1.33. The average Bonchev–Trinajstić information content (AvgIpc) is 2.53. The summed E-state index contributed by atoms with van der Waals surface area (Å²) < 4.78 is 25.5. The topological polar surface area (TPSA) is 92.9 Å². The number of nitro benzene ring substituents is 1. The van der Waals surface area contributed by atoms with E-state index < -0.39 is 14.9 Å². The van der Waals surface area contributed by atoms with Crippen molar-refractivity contribution in [2.45, 2.75) is 11.8 Å². The minimum Gasteiger partial charge on any atom is -0.258 e. The van der Waals surface area contributed by atoms with Gasteiger partial charge in [0, 0.05) is 19.2 Å². The molecule has 2 rings (SSSR count). The maximum atomic E-state index is 12.3. The Labute approximate surface area is 134 Å². The van der Waals surface area contributed by atoms with Crippen molar-refractivity contribution in [3.05, 3.63) is 69.8 Å². The van der Waals surface area contributed by atoms with E-state index in [4.69, 9.17) is 0 Å². The van der Waals surface area contributed by atoms with Crippen molar-refractivity contribution in [2.24, 2.45) is 5.10 Å². The largest absolute Gasteiger partial charge is 0.278 e. The van der Waals surface area contributed by atoms with E-state index >= 15 is 0 Å². The number of rotatable bonds is 5. The molecule has 0 saturated heterocycles. The third-order valence-corrected chi connectivity index (χ3v) is 4.80. The van der Waals surface area contributed by atoms with E-state index in [2.05, 4.69) is 5.10 Å². The van der Waals surface area contributed by atoms with Gasteiger partial charge < -0.3 is 0 Å². The van der Waals surface area contributed by atoms with Gasteiger partial charge in [0.1, 0.15) is 0 Å². The lowest BCUT2D eigenvalue weighted by Gasteiger charge is -2.13. The highest BCUT2D eigenvalue weighted by Crippen LogP contribution is 2.15. The molecule has 0 spiro atoms. The molecule has 2 aromatic carbocycles. The first kappa shape index (κ1) is 16.6. The van der Waals surface area contributed by atoms with E-state index in [0.29, 0.717) is 5.56 Å². The SMILES string of the molecule is Cc1ccc(S(=O)(=O)N(C)/N=C\c2ccc([N+](=O)[O-])cc2)cc1. The van der Waals surface area contributed by atoms with Crippen LogP contribution in [0.5, 0.6) is 0 Å². The molecule has 0 unspecified atom stereocenters. The maximum Gasteiger partial charge on any atom is 0.278 e. The van der Waals surface area contributed by atoms with Gasteiger partial charge in [-0.1, -0.05) is 17.7 Å². The Morgan fingerprint density at radius 3 is 2.17 bits per heavy atom. The molecule has 120 valence electrons. The van der Waals surface area contributed by atoms with E-state index in [0.717, 1.165) is 9.98 Å². The summed E-state index contributed by atoms with van der Waals surface area (Å²) in [6, 6.07) is 12.1. The lowest BCUT2D eigenvalue weighted by Crippen LogP contribution is -2.21. The van der Waals surface area contributed by atoms with E-state index in [1.54, 1.807) is 12.1 Å². The highest BCUT2D eigenvalue weighted by Gasteiger charge is 2.18. The standard InChI is InChI=1S/C15H15N3O4S/c1-12-3-9-15(10-4-12)23(21,22)17(2)16-11-13-5-7-14(8-6-13)18(19)20/h3-11H,1-2H3/b16-11-. The second-order valence-electron chi connectivity index (χ2n) is 4.85. The Morgan fingerprint density at radius 2 is 1.65 bits per heavy atom. The molecule has 0 atom stereocenters. The van der Waals surface area contributed by atoms with Gasteiger partial charge in [-0.15, -0.1) is 0 Å². The Morgan fingerprint density at radius 1 is 1.09 bits per heavy atom. The molecule has 7 nitrogen and oxygen atoms in total. The van der Waals surface area contributed by atoms with Gasteiger partial charge in [-0.3, -0.25) is 10.1 Å². The Kier molecular flexibility index (Phi) is 4.75. The molecule has 8 heteroatoms. The molecule has 0 bridgehead atoms. The zero-order valence-corrected chi connectivity index (χ0v) is 13.4. The maximum absolute atomic E-state index is 12.3. The second-order valence-corrected chi connectivity index (χ2v) is 6.80. The molecule has 0 saturated carbocycles. The van der Waals surface area contributed by atoms with Crippen molar-refractivity contribution in [3.8, 4) is 0 Å². The fourth-order valence-corrected chi connectivity index (χ4v) is 2.71. The molecule has 0 aliphatic rings. The lowest BCUT2D eigenvalue weighted by molar-refractivity contribution is -0.384. The van der Waals surface area contributed by atoms with E-state index in [1.807, 2.05) is 6.92 Å². The van der Waals surface area contributed by atoms with Crippen LogP contribution in [-0.2, 0) is 10.0 Å². The predicted octanol–water partition coefficient (Wildman–Crippen LogP) is 2.56. The number of hydrogen-bond acceptors (Lipinski definition) is 5. The van der Waals surface area contributed by atoms with Crippen LogP contribution in [0.2, 0.25) is 0 Å². The molecule has 2 aromatic rings. The van der Waals surface area contributed by atoms with Gasteiger partial charge in [-0.25, -0.2) is 0 Å². The number of nitrogens with zero attached hydrogens (tertiary/aromatic N) is 3. The van der Waals surface area contributed by atoms with Crippen LogP contribution >= 0.6 is 0 Å². The van der Waals surface area contributed by atoms with Gasteiger partial charge in [0.15, 0.2) is 0 Å². The molecule has 0 amide bonds. The van der Waals surface area contributed by atoms with Crippen molar-refractivity contribution >= 4 is 21.9 Å². The number of hydrogen-bond donors (Lipinski definition) is 0. The normalized spacial score (nSPS) is 11.6. The van der Waals surface area contributed by atoms with E-state index in [-0.39, 0.29) is 10.6 Å². The van der Waals surface area contributed by atoms with Gasteiger partial charge in [-0.2, -0.15) is 17.9 Å². The summed E-state index contributed by atoms with van der Waals surface area (Å²) in [5.74, 6) is 0. The molecular weight excluding hydrogens is 318 g/mol. The molecule has 0 aromatic heterocycles. The fraction of sp³-hybridized carbons (Fsp3) is 0.133. The van der Waals surface area contributed by atoms with Gasteiger partial charge in [0.25, 0.3) is 15.7 Å². The zero-order chi connectivity index (χ0) is 17.0. The highest BCUT2D eigenvalue weighted by molar-refractivity contribution is 7.89. The first-order valence-corrected chi connectivity index (χ1v) is 8.09. The van der Waals surface area contributed by atoms with Crippen molar-refractivity contribution in [1.29, 1.82) is 0 Å². The van der Waals surface area contributed by atoms with Crippen LogP contribution < -0.4 is 0 Å². The minimum atomic E-state index is -3.72. The van der Waals surface area contributed by atoms with Gasteiger partial charge in [-0.05, 0) is 36.8 Å². The third kappa shape index (κ3) is 3.92. The van der Waals surface area contributed by atoms with Crippen LogP contribution in [0.1, 0.15) is 11.1 Å². The molecular formula is C15H15N3O4S. The molecule has 0 aliphatic carbocycles. The van der Waals surface area contributed by atoms with Crippen LogP contribution in [0.25, 0.3) is 0 Å². The Bertz CT molecular complexity index is 828. The average molecular weight is 333 g/mol. The number of benzene rings is 2. The molecule has 0 aliphatic heterocycles. The number of sulfonamides is 1. The van der Waals surface area contributed by atoms with Crippen molar-refractivity contribution in [1.82, 2.24) is 4.41 Å². The predicted molar refractivity (Wildman–Crippen MR) is 86.8 cm³/mol. The van der Waals surface area contributed by atoms with Crippen LogP contribution in [0.15, 0.2) is 58.5 Å². The van der Waals surface area contributed by atoms with Crippen molar-refractivity contribution in [2.75, 3.05) is 7.05 Å².